The monoisotopic (exact) mass is 288 g/mol. The van der Waals surface area contributed by atoms with E-state index in [1.165, 1.54) is 0 Å². The number of hydrogen-bond acceptors (Lipinski definition) is 6. The van der Waals surface area contributed by atoms with Crippen molar-refractivity contribution in [1.82, 2.24) is 15.1 Å². The summed E-state index contributed by atoms with van der Waals surface area (Å²) in [5, 5.41) is 16.1. The summed E-state index contributed by atoms with van der Waals surface area (Å²) in [5.74, 6) is 0.334. The maximum atomic E-state index is 11.4. The van der Waals surface area contributed by atoms with E-state index in [9.17, 15) is 9.90 Å². The highest BCUT2D eigenvalue weighted by atomic mass is 16.5. The molecule has 0 amide bonds. The number of nitrogens with zero attached hydrogens (tertiary/aromatic N) is 3. The molecule has 0 fully saturated rings. The van der Waals surface area contributed by atoms with Crippen LogP contribution in [-0.4, -0.2) is 26.2 Å². The van der Waals surface area contributed by atoms with Crippen molar-refractivity contribution in [3.63, 3.8) is 0 Å². The molecule has 0 radical (unpaired) electrons. The van der Waals surface area contributed by atoms with Gasteiger partial charge in [-0.05, 0) is 37.3 Å². The molecule has 0 aliphatic heterocycles. The van der Waals surface area contributed by atoms with Crippen LogP contribution in [0.2, 0.25) is 0 Å². The summed E-state index contributed by atoms with van der Waals surface area (Å²) >= 11 is 0. The molecule has 0 saturated carbocycles. The van der Waals surface area contributed by atoms with Crippen LogP contribution in [0.4, 0.5) is 5.82 Å². The van der Waals surface area contributed by atoms with E-state index in [2.05, 4.69) is 20.4 Å². The fourth-order valence-electron chi connectivity index (χ4n) is 2.51. The van der Waals surface area contributed by atoms with E-state index in [1.807, 2.05) is 0 Å². The quantitative estimate of drug-likeness (QED) is 0.886. The van der Waals surface area contributed by atoms with Gasteiger partial charge in [-0.2, -0.15) is 4.98 Å². The minimum atomic E-state index is -0.984. The Bertz CT molecular complexity index is 681. The van der Waals surface area contributed by atoms with Crippen LogP contribution >= 0.6 is 0 Å². The number of carboxylic acids is 1. The molecule has 2 N–H and O–H groups in total. The Hall–Kier alpha value is -2.44. The van der Waals surface area contributed by atoms with Crippen LogP contribution < -0.4 is 5.32 Å². The largest absolute Gasteiger partial charge is 0.478 e. The van der Waals surface area contributed by atoms with E-state index in [0.29, 0.717) is 17.5 Å². The lowest BCUT2D eigenvalue weighted by atomic mass is 9.95. The summed E-state index contributed by atoms with van der Waals surface area (Å²) in [6.07, 6.45) is 3.97. The van der Waals surface area contributed by atoms with Gasteiger partial charge in [0.1, 0.15) is 11.4 Å². The minimum Gasteiger partial charge on any atom is -0.478 e. The van der Waals surface area contributed by atoms with E-state index in [-0.39, 0.29) is 12.1 Å². The minimum absolute atomic E-state index is 0.191. The first-order valence-electron chi connectivity index (χ1n) is 6.92. The molecule has 1 aliphatic carbocycles. The molecular weight excluding hydrogens is 272 g/mol. The summed E-state index contributed by atoms with van der Waals surface area (Å²) in [4.78, 5) is 19.9. The summed E-state index contributed by atoms with van der Waals surface area (Å²) in [5.41, 5.74) is 2.22. The lowest BCUT2D eigenvalue weighted by Crippen LogP contribution is -2.14. The summed E-state index contributed by atoms with van der Waals surface area (Å²) in [6.45, 7) is 1.99. The van der Waals surface area contributed by atoms with Crippen LogP contribution in [0, 0.1) is 6.92 Å². The zero-order valence-corrected chi connectivity index (χ0v) is 11.7. The highest BCUT2D eigenvalue weighted by Crippen LogP contribution is 2.25. The molecule has 0 unspecified atom stereocenters. The van der Waals surface area contributed by atoms with Crippen molar-refractivity contribution < 1.29 is 14.4 Å². The first-order chi connectivity index (χ1) is 10.1. The molecule has 0 aromatic carbocycles. The van der Waals surface area contributed by atoms with Crippen LogP contribution in [0.25, 0.3) is 0 Å². The van der Waals surface area contributed by atoms with Gasteiger partial charge < -0.3 is 14.9 Å². The standard InChI is InChI=1S/C14H16N4O3/c1-8-16-12(18-21-8)7-15-13-10(14(19)20)6-9-4-2-3-5-11(9)17-13/h6H,2-5,7H2,1H3,(H,15,17)(H,19,20). The Morgan fingerprint density at radius 1 is 1.38 bits per heavy atom. The van der Waals surface area contributed by atoms with Crippen LogP contribution in [0.15, 0.2) is 10.6 Å². The SMILES string of the molecule is Cc1nc(CNc2nc3c(cc2C(=O)O)CCCC3)no1. The second kappa shape index (κ2) is 5.51. The van der Waals surface area contributed by atoms with Gasteiger partial charge in [0.2, 0.25) is 5.89 Å². The van der Waals surface area contributed by atoms with Gasteiger partial charge in [0.15, 0.2) is 5.82 Å². The van der Waals surface area contributed by atoms with E-state index in [4.69, 9.17) is 4.52 Å². The van der Waals surface area contributed by atoms with Gasteiger partial charge in [0.05, 0.1) is 6.54 Å². The molecule has 2 aromatic heterocycles. The molecule has 2 heterocycles. The highest BCUT2D eigenvalue weighted by Gasteiger charge is 2.19. The van der Waals surface area contributed by atoms with Crippen LogP contribution in [-0.2, 0) is 19.4 Å². The second-order valence-electron chi connectivity index (χ2n) is 5.09. The topological polar surface area (TPSA) is 101 Å². The summed E-state index contributed by atoms with van der Waals surface area (Å²) < 4.78 is 4.88. The van der Waals surface area contributed by atoms with Crippen molar-refractivity contribution in [3.05, 3.63) is 34.6 Å². The lowest BCUT2D eigenvalue weighted by molar-refractivity contribution is 0.0697. The Kier molecular flexibility index (Phi) is 3.55. The number of carboxylic acid groups (broad SMARTS) is 1. The Labute approximate surface area is 121 Å². The number of aromatic carboxylic acids is 1. The lowest BCUT2D eigenvalue weighted by Gasteiger charge is -2.17. The zero-order valence-electron chi connectivity index (χ0n) is 11.7. The molecule has 0 saturated heterocycles. The number of aromatic nitrogens is 3. The zero-order chi connectivity index (χ0) is 14.8. The van der Waals surface area contributed by atoms with Gasteiger partial charge in [-0.25, -0.2) is 9.78 Å². The fraction of sp³-hybridized carbons (Fsp3) is 0.429. The predicted octanol–water partition coefficient (Wildman–Crippen LogP) is 1.96. The molecular formula is C14H16N4O3. The van der Waals surface area contributed by atoms with Crippen molar-refractivity contribution in [2.45, 2.75) is 39.2 Å². The first-order valence-corrected chi connectivity index (χ1v) is 6.92. The second-order valence-corrected chi connectivity index (χ2v) is 5.09. The molecule has 0 atom stereocenters. The van der Waals surface area contributed by atoms with Crippen molar-refractivity contribution in [1.29, 1.82) is 0 Å². The molecule has 0 spiro atoms. The molecule has 3 rings (SSSR count). The van der Waals surface area contributed by atoms with Gasteiger partial charge >= 0.3 is 5.97 Å². The average Bonchev–Trinajstić information content (AvgIpc) is 2.89. The smallest absolute Gasteiger partial charge is 0.339 e. The van der Waals surface area contributed by atoms with Crippen LogP contribution in [0.5, 0.6) is 0 Å². The average molecular weight is 288 g/mol. The summed E-state index contributed by atoms with van der Waals surface area (Å²) in [7, 11) is 0. The van der Waals surface area contributed by atoms with Gasteiger partial charge in [0, 0.05) is 12.6 Å². The van der Waals surface area contributed by atoms with Crippen LogP contribution in [0.3, 0.4) is 0 Å². The third-order valence-corrected chi connectivity index (χ3v) is 3.51. The molecule has 110 valence electrons. The van der Waals surface area contributed by atoms with E-state index in [1.54, 1.807) is 13.0 Å². The molecule has 1 aliphatic rings. The molecule has 21 heavy (non-hydrogen) atoms. The normalized spacial score (nSPS) is 13.8. The molecule has 7 heteroatoms. The highest BCUT2D eigenvalue weighted by molar-refractivity contribution is 5.93. The van der Waals surface area contributed by atoms with Gasteiger partial charge in [-0.15, -0.1) is 0 Å². The number of anilines is 1. The number of nitrogens with one attached hydrogen (secondary N) is 1. The molecule has 2 aromatic rings. The third kappa shape index (κ3) is 2.86. The summed E-state index contributed by atoms with van der Waals surface area (Å²) in [6, 6.07) is 1.73. The van der Waals surface area contributed by atoms with E-state index in [0.717, 1.165) is 36.9 Å². The van der Waals surface area contributed by atoms with Crippen LogP contribution in [0.1, 0.15) is 46.2 Å². The van der Waals surface area contributed by atoms with Crippen molar-refractivity contribution in [2.24, 2.45) is 0 Å². The Balaban J connectivity index is 1.87. The maximum absolute atomic E-state index is 11.4. The fourth-order valence-corrected chi connectivity index (χ4v) is 2.51. The Morgan fingerprint density at radius 2 is 2.19 bits per heavy atom. The van der Waals surface area contributed by atoms with Crippen molar-refractivity contribution >= 4 is 11.8 Å². The maximum Gasteiger partial charge on any atom is 0.339 e. The van der Waals surface area contributed by atoms with Crippen molar-refractivity contribution in [2.75, 3.05) is 5.32 Å². The Morgan fingerprint density at radius 3 is 2.90 bits per heavy atom. The van der Waals surface area contributed by atoms with E-state index < -0.39 is 5.97 Å². The molecule has 0 bridgehead atoms. The number of fused-ring (bicyclic) bond motifs is 1. The van der Waals surface area contributed by atoms with Crippen molar-refractivity contribution in [3.8, 4) is 0 Å². The molecule has 7 nitrogen and oxygen atoms in total. The van der Waals surface area contributed by atoms with Gasteiger partial charge in [-0.1, -0.05) is 5.16 Å². The van der Waals surface area contributed by atoms with E-state index >= 15 is 0 Å². The number of carbonyl (C=O) groups is 1. The predicted molar refractivity (Wildman–Crippen MR) is 74.2 cm³/mol. The van der Waals surface area contributed by atoms with Gasteiger partial charge in [-0.3, -0.25) is 0 Å². The first kappa shape index (κ1) is 13.5. The number of rotatable bonds is 4. The van der Waals surface area contributed by atoms with Gasteiger partial charge in [0.25, 0.3) is 0 Å². The number of hydrogen-bond donors (Lipinski definition) is 2. The number of pyridine rings is 1. The number of aryl methyl sites for hydroxylation is 3. The third-order valence-electron chi connectivity index (χ3n) is 3.51.